The summed E-state index contributed by atoms with van der Waals surface area (Å²) in [7, 11) is 0. The molecule has 0 amide bonds. The highest BCUT2D eigenvalue weighted by molar-refractivity contribution is 7.31. The van der Waals surface area contributed by atoms with E-state index in [2.05, 4.69) is 114 Å². The molecule has 0 spiro atoms. The fourth-order valence-electron chi connectivity index (χ4n) is 15.2. The van der Waals surface area contributed by atoms with Crippen molar-refractivity contribution >= 4 is 125 Å². The van der Waals surface area contributed by atoms with Crippen molar-refractivity contribution < 1.29 is 0 Å². The molecule has 8 nitrogen and oxygen atoms in total. The van der Waals surface area contributed by atoms with Gasteiger partial charge in [0.15, 0.2) is 11.1 Å². The van der Waals surface area contributed by atoms with E-state index in [9.17, 15) is 30.6 Å². The van der Waals surface area contributed by atoms with Crippen molar-refractivity contribution in [1.82, 2.24) is 9.13 Å². The van der Waals surface area contributed by atoms with Crippen molar-refractivity contribution in [2.75, 3.05) is 0 Å². The monoisotopic (exact) mass is 1650 g/mol. The number of thiazole rings is 2. The highest BCUT2D eigenvalue weighted by Crippen LogP contribution is 2.53. The number of thiophene rings is 7. The molecule has 9 aromatic rings. The molecule has 111 heavy (non-hydrogen) atoms. The zero-order valence-electron chi connectivity index (χ0n) is 68.1. The summed E-state index contributed by atoms with van der Waals surface area (Å²) in [6, 6.07) is 28.1. The van der Waals surface area contributed by atoms with Crippen molar-refractivity contribution in [2.45, 2.75) is 338 Å². The van der Waals surface area contributed by atoms with E-state index in [1.807, 2.05) is 82.7 Å². The fraction of sp³-hybridized carbons (Fsp3) is 0.553. The Bertz CT molecular complexity index is 4610. The lowest BCUT2D eigenvalue weighted by atomic mass is 10.0. The maximum Gasteiger partial charge on any atom is 0.269 e. The average molecular weight is 1660 g/mol. The zero-order valence-corrected chi connectivity index (χ0v) is 75.4. The van der Waals surface area contributed by atoms with E-state index < -0.39 is 0 Å². The second-order valence-corrected chi connectivity index (χ2v) is 39.8. The molecule has 17 heteroatoms. The van der Waals surface area contributed by atoms with Gasteiger partial charge in [0, 0.05) is 81.4 Å². The predicted molar refractivity (Wildman–Crippen MR) is 490 cm³/mol. The van der Waals surface area contributed by atoms with Gasteiger partial charge in [0.25, 0.3) is 11.1 Å². The van der Waals surface area contributed by atoms with Crippen LogP contribution in [-0.2, 0) is 51.6 Å². The largest absolute Gasteiger partial charge is 0.298 e. The second-order valence-electron chi connectivity index (χ2n) is 30.3. The first-order valence-electron chi connectivity index (χ1n) is 42.8. The van der Waals surface area contributed by atoms with Crippen LogP contribution in [0.25, 0.3) is 81.8 Å². The van der Waals surface area contributed by atoms with Gasteiger partial charge in [-0.1, -0.05) is 234 Å². The summed E-state index contributed by atoms with van der Waals surface area (Å²) in [6.07, 6.45) is 54.8. The third-order valence-electron chi connectivity index (χ3n) is 21.5. The smallest absolute Gasteiger partial charge is 0.269 e. The van der Waals surface area contributed by atoms with Gasteiger partial charge in [-0.2, -0.15) is 21.0 Å². The predicted octanol–water partition coefficient (Wildman–Crippen LogP) is 28.1. The molecule has 9 rings (SSSR count). The average Bonchev–Trinajstić information content (AvgIpc) is 1.63. The fourth-order valence-corrected chi connectivity index (χ4v) is 26.6. The van der Waals surface area contributed by atoms with Gasteiger partial charge in [0.05, 0.1) is 9.06 Å². The van der Waals surface area contributed by atoms with Crippen LogP contribution in [0.15, 0.2) is 58.1 Å². The third kappa shape index (κ3) is 25.4. The lowest BCUT2D eigenvalue weighted by Crippen LogP contribution is -2.31. The molecular weight excluding hydrogens is 1530 g/mol. The van der Waals surface area contributed by atoms with Crippen LogP contribution >= 0.6 is 102 Å². The van der Waals surface area contributed by atoms with Gasteiger partial charge in [0.1, 0.15) is 33.6 Å². The van der Waals surface area contributed by atoms with Crippen LogP contribution in [0.2, 0.25) is 0 Å². The molecule has 0 atom stereocenters. The van der Waals surface area contributed by atoms with Gasteiger partial charge in [-0.05, 0) is 185 Å². The van der Waals surface area contributed by atoms with Crippen LogP contribution in [0.1, 0.15) is 330 Å². The Morgan fingerprint density at radius 1 is 0.288 bits per heavy atom. The molecule has 9 aromatic heterocycles. The van der Waals surface area contributed by atoms with Crippen molar-refractivity contribution in [3.05, 3.63) is 131 Å². The van der Waals surface area contributed by atoms with E-state index in [4.69, 9.17) is 0 Å². The van der Waals surface area contributed by atoms with Crippen LogP contribution < -0.4 is 29.5 Å². The van der Waals surface area contributed by atoms with E-state index in [1.54, 1.807) is 31.8 Å². The first kappa shape index (κ1) is 89.1. The number of aromatic nitrogens is 2. The van der Waals surface area contributed by atoms with Crippen molar-refractivity contribution in [3.63, 3.8) is 0 Å². The number of nitriles is 4. The van der Waals surface area contributed by atoms with Gasteiger partial charge >= 0.3 is 0 Å². The maximum absolute atomic E-state index is 14.0. The molecule has 0 aliphatic rings. The lowest BCUT2D eigenvalue weighted by molar-refractivity contribution is 0.608. The standard InChI is InChI=1S/C94H122N6O2S9/c1-9-17-23-29-35-41-47-67-55-75(61-83-91(101)99(15-7)93(110-83)73(63-95)64-96)103-87(67)79-59-71(51-45-39-33-27-21-13-5)89(108-79)81-57-69(49-43-37-31-25-19-11-3)85(106-81)77-53-54-78(105-77)86-70(50-44-38-32-26-20-12-4)58-82(107-86)90-72(52-46-40-34-28-22-14-6)60-80(109-90)88-68(48-42-36-30-24-18-10-2)56-76(104-88)62-84-92(102)100(16-8)94(111-84)74(65-97)66-98/h53-62H,9-52H2,1-8H3/b83-61-,84-62-. The van der Waals surface area contributed by atoms with Gasteiger partial charge < -0.3 is 0 Å². The SMILES string of the molecule is CCCCCCCCc1cc(/C=c2\sc(=C(C#N)C#N)n(CC)c2=O)sc1-c1cc(CCCCCCCC)c(-c2cc(CCCCCCCC)c(-c3ccc(-c4sc(-c5sc(-c6sc(/C=c7\sc(=C(C#N)C#N)n(CC)c7=O)cc6CCCCCCCC)cc5CCCCCCCC)cc4CCCCCCCC)s3)s2)s1. The van der Waals surface area contributed by atoms with Crippen LogP contribution in [0.4, 0.5) is 0 Å². The normalized spacial score (nSPS) is 11.9. The minimum absolute atomic E-state index is 0.0197. The quantitative estimate of drug-likeness (QED) is 0.0348. The van der Waals surface area contributed by atoms with E-state index in [0.29, 0.717) is 31.5 Å². The molecule has 594 valence electrons. The molecule has 0 aliphatic heterocycles. The number of rotatable bonds is 52. The maximum atomic E-state index is 14.0. The summed E-state index contributed by atoms with van der Waals surface area (Å²) in [6.45, 7) is 18.4. The van der Waals surface area contributed by atoms with E-state index >= 15 is 0 Å². The summed E-state index contributed by atoms with van der Waals surface area (Å²) < 4.78 is 5.14. The Hall–Kier alpha value is -5.80. The molecule has 0 bridgehead atoms. The van der Waals surface area contributed by atoms with E-state index in [1.165, 1.54) is 320 Å². The van der Waals surface area contributed by atoms with Gasteiger partial charge in [0.2, 0.25) is 0 Å². The molecule has 9 heterocycles. The molecule has 0 aromatic carbocycles. The molecule has 0 saturated carbocycles. The number of nitrogens with zero attached hydrogens (tertiary/aromatic N) is 6. The lowest BCUT2D eigenvalue weighted by Gasteiger charge is -2.04. The molecule has 0 aliphatic carbocycles. The topological polar surface area (TPSA) is 139 Å². The highest BCUT2D eigenvalue weighted by Gasteiger charge is 2.26. The van der Waals surface area contributed by atoms with Crippen LogP contribution in [0.5, 0.6) is 0 Å². The minimum Gasteiger partial charge on any atom is -0.298 e. The molecule has 0 radical (unpaired) electrons. The van der Waals surface area contributed by atoms with Crippen LogP contribution in [0, 0.1) is 45.3 Å². The van der Waals surface area contributed by atoms with Gasteiger partial charge in [-0.3, -0.25) is 18.7 Å². The van der Waals surface area contributed by atoms with Crippen LogP contribution in [0.3, 0.4) is 0 Å². The molecular formula is C94H122N6O2S9. The van der Waals surface area contributed by atoms with E-state index in [-0.39, 0.29) is 22.3 Å². The number of unbranched alkanes of at least 4 members (excludes halogenated alkanes) is 30. The Kier molecular flexibility index (Phi) is 39.0. The first-order chi connectivity index (χ1) is 54.4. The summed E-state index contributed by atoms with van der Waals surface area (Å²) in [4.78, 5) is 46.6. The minimum atomic E-state index is -0.147. The summed E-state index contributed by atoms with van der Waals surface area (Å²) in [5.41, 5.74) is 8.24. The third-order valence-corrected chi connectivity index (χ3v) is 32.9. The second kappa shape index (κ2) is 48.5. The number of hydrogen-bond acceptors (Lipinski definition) is 15. The Morgan fingerprint density at radius 3 is 0.757 bits per heavy atom. The summed E-state index contributed by atoms with van der Waals surface area (Å²) >= 11 is 16.1. The number of aryl methyl sites for hydroxylation is 6. The highest BCUT2D eigenvalue weighted by atomic mass is 32.1. The van der Waals surface area contributed by atoms with Crippen molar-refractivity contribution in [3.8, 4) is 82.8 Å². The van der Waals surface area contributed by atoms with Gasteiger partial charge in [-0.25, -0.2) is 0 Å². The number of hydrogen-bond donors (Lipinski definition) is 0. The molecule has 0 N–H and O–H groups in total. The molecule has 0 unspecified atom stereocenters. The van der Waals surface area contributed by atoms with E-state index in [0.717, 1.165) is 74.0 Å². The van der Waals surface area contributed by atoms with Gasteiger partial charge in [-0.15, -0.1) is 102 Å². The van der Waals surface area contributed by atoms with Crippen LogP contribution in [-0.4, -0.2) is 9.13 Å². The van der Waals surface area contributed by atoms with Crippen molar-refractivity contribution in [1.29, 1.82) is 21.0 Å². The van der Waals surface area contributed by atoms with Crippen molar-refractivity contribution in [2.24, 2.45) is 0 Å². The Balaban J connectivity index is 1.16. The summed E-state index contributed by atoms with van der Waals surface area (Å²) in [5, 5.41) is 39.7. The Morgan fingerprint density at radius 2 is 0.514 bits per heavy atom. The first-order valence-corrected chi connectivity index (χ1v) is 50.2. The zero-order chi connectivity index (χ0) is 78.7. The molecule has 0 fully saturated rings. The molecule has 0 saturated heterocycles. The Labute approximate surface area is 701 Å². The summed E-state index contributed by atoms with van der Waals surface area (Å²) in [5.74, 6) is 0.